The fraction of sp³-hybridized carbons (Fsp3) is 0.214. The zero-order chi connectivity index (χ0) is 14.8. The molecule has 1 aromatic carbocycles. The molecule has 0 radical (unpaired) electrons. The molecule has 2 heterocycles. The van der Waals surface area contributed by atoms with Crippen LogP contribution >= 0.6 is 0 Å². The number of nitrogens with zero attached hydrogens (tertiary/aromatic N) is 4. The lowest BCUT2D eigenvalue weighted by molar-refractivity contribution is 0.883. The van der Waals surface area contributed by atoms with E-state index in [4.69, 9.17) is 5.73 Å². The van der Waals surface area contributed by atoms with E-state index in [0.29, 0.717) is 18.7 Å². The molecule has 0 saturated carbocycles. The summed E-state index contributed by atoms with van der Waals surface area (Å²) in [5, 5.41) is 6.33. The molecular weight excluding hydrogens is 268 g/mol. The van der Waals surface area contributed by atoms with E-state index in [-0.39, 0.29) is 5.69 Å². The van der Waals surface area contributed by atoms with E-state index in [2.05, 4.69) is 27.3 Å². The molecular formula is C14H16N6O. The van der Waals surface area contributed by atoms with Gasteiger partial charge in [0.2, 0.25) is 0 Å². The van der Waals surface area contributed by atoms with E-state index in [1.807, 2.05) is 24.1 Å². The fourth-order valence-electron chi connectivity index (χ4n) is 2.14. The van der Waals surface area contributed by atoms with Crippen LogP contribution in [0.1, 0.15) is 11.1 Å². The van der Waals surface area contributed by atoms with Gasteiger partial charge in [-0.25, -0.2) is 19.3 Å². The Morgan fingerprint density at radius 3 is 2.71 bits per heavy atom. The van der Waals surface area contributed by atoms with Crippen LogP contribution in [0.3, 0.4) is 0 Å². The van der Waals surface area contributed by atoms with Crippen molar-refractivity contribution in [2.45, 2.75) is 13.1 Å². The third-order valence-corrected chi connectivity index (χ3v) is 3.36. The molecule has 7 heteroatoms. The van der Waals surface area contributed by atoms with E-state index in [9.17, 15) is 4.79 Å². The molecule has 0 saturated heterocycles. The van der Waals surface area contributed by atoms with Crippen LogP contribution in [0.4, 0.5) is 5.82 Å². The Labute approximate surface area is 121 Å². The number of aromatic amines is 1. The monoisotopic (exact) mass is 284 g/mol. The highest BCUT2D eigenvalue weighted by Crippen LogP contribution is 2.14. The summed E-state index contributed by atoms with van der Waals surface area (Å²) < 4.78 is 1.37. The first-order chi connectivity index (χ1) is 10.2. The molecule has 108 valence electrons. The van der Waals surface area contributed by atoms with Crippen molar-refractivity contribution < 1.29 is 0 Å². The topological polar surface area (TPSA) is 92.3 Å². The van der Waals surface area contributed by atoms with Gasteiger partial charge in [0, 0.05) is 26.2 Å². The van der Waals surface area contributed by atoms with E-state index in [1.54, 1.807) is 6.07 Å². The van der Waals surface area contributed by atoms with Crippen LogP contribution < -0.4 is 16.3 Å². The van der Waals surface area contributed by atoms with Crippen molar-refractivity contribution in [1.29, 1.82) is 0 Å². The van der Waals surface area contributed by atoms with Crippen molar-refractivity contribution in [3.8, 4) is 0 Å². The maximum Gasteiger partial charge on any atom is 0.348 e. The summed E-state index contributed by atoms with van der Waals surface area (Å²) in [6, 6.07) is 9.92. The number of anilines is 1. The Morgan fingerprint density at radius 2 is 2.00 bits per heavy atom. The zero-order valence-electron chi connectivity index (χ0n) is 11.7. The lowest BCUT2D eigenvalue weighted by Gasteiger charge is -2.18. The predicted octanol–water partition coefficient (Wildman–Crippen LogP) is 0.513. The smallest absolute Gasteiger partial charge is 0.348 e. The van der Waals surface area contributed by atoms with E-state index >= 15 is 0 Å². The van der Waals surface area contributed by atoms with Gasteiger partial charge in [0.25, 0.3) is 0 Å². The number of nitrogens with two attached hydrogens (primary N) is 1. The average molecular weight is 284 g/mol. The van der Waals surface area contributed by atoms with Crippen molar-refractivity contribution in [3.05, 3.63) is 58.3 Å². The summed E-state index contributed by atoms with van der Waals surface area (Å²) in [5.41, 5.74) is 8.12. The van der Waals surface area contributed by atoms with Crippen LogP contribution in [0.5, 0.6) is 0 Å². The predicted molar refractivity (Wildman–Crippen MR) is 80.0 cm³/mol. The molecule has 0 unspecified atom stereocenters. The van der Waals surface area contributed by atoms with Crippen molar-refractivity contribution in [2.75, 3.05) is 11.9 Å². The first-order valence-corrected chi connectivity index (χ1v) is 6.59. The van der Waals surface area contributed by atoms with Gasteiger partial charge in [-0.15, -0.1) is 0 Å². The Hall–Kier alpha value is -2.67. The van der Waals surface area contributed by atoms with E-state index in [0.717, 1.165) is 16.9 Å². The molecule has 7 nitrogen and oxygen atoms in total. The molecule has 3 rings (SSSR count). The van der Waals surface area contributed by atoms with Gasteiger partial charge >= 0.3 is 5.69 Å². The Kier molecular flexibility index (Phi) is 3.41. The number of rotatable bonds is 4. The van der Waals surface area contributed by atoms with Crippen molar-refractivity contribution in [2.24, 2.45) is 5.73 Å². The van der Waals surface area contributed by atoms with Crippen LogP contribution in [-0.4, -0.2) is 26.6 Å². The summed E-state index contributed by atoms with van der Waals surface area (Å²) >= 11 is 0. The van der Waals surface area contributed by atoms with E-state index < -0.39 is 0 Å². The van der Waals surface area contributed by atoms with E-state index in [1.165, 1.54) is 10.7 Å². The van der Waals surface area contributed by atoms with Gasteiger partial charge in [-0.1, -0.05) is 24.3 Å². The molecule has 0 fully saturated rings. The maximum atomic E-state index is 11.4. The number of aromatic nitrogens is 4. The molecule has 0 amide bonds. The highest BCUT2D eigenvalue weighted by Gasteiger charge is 2.07. The van der Waals surface area contributed by atoms with Gasteiger partial charge in [-0.05, 0) is 11.1 Å². The number of fused-ring (bicyclic) bond motifs is 1. The minimum atomic E-state index is -0.288. The van der Waals surface area contributed by atoms with Gasteiger partial charge < -0.3 is 10.6 Å². The molecule has 0 aliphatic heterocycles. The number of hydrogen-bond acceptors (Lipinski definition) is 5. The third-order valence-electron chi connectivity index (χ3n) is 3.36. The van der Waals surface area contributed by atoms with Crippen molar-refractivity contribution in [1.82, 2.24) is 19.6 Å². The van der Waals surface area contributed by atoms with Crippen LogP contribution in [0, 0.1) is 0 Å². The van der Waals surface area contributed by atoms with Crippen LogP contribution in [-0.2, 0) is 13.1 Å². The van der Waals surface area contributed by atoms with Gasteiger partial charge in [0.05, 0.1) is 0 Å². The zero-order valence-corrected chi connectivity index (χ0v) is 11.7. The second-order valence-corrected chi connectivity index (χ2v) is 4.88. The molecule has 0 atom stereocenters. The highest BCUT2D eigenvalue weighted by molar-refractivity contribution is 5.50. The first kappa shape index (κ1) is 13.3. The Morgan fingerprint density at radius 1 is 1.29 bits per heavy atom. The van der Waals surface area contributed by atoms with Crippen molar-refractivity contribution >= 4 is 11.5 Å². The van der Waals surface area contributed by atoms with Gasteiger partial charge in [0.15, 0.2) is 5.65 Å². The fourth-order valence-corrected chi connectivity index (χ4v) is 2.14. The molecule has 0 aliphatic carbocycles. The van der Waals surface area contributed by atoms with Crippen molar-refractivity contribution in [3.63, 3.8) is 0 Å². The summed E-state index contributed by atoms with van der Waals surface area (Å²) in [4.78, 5) is 17.7. The first-order valence-electron chi connectivity index (χ1n) is 6.59. The standard InChI is InChI=1S/C14H16N6O/c1-19(8-11-4-2-10(7-15)3-5-11)12-6-13-17-18-14(21)20(13)9-16-12/h2-6,9H,7-8,15H2,1H3,(H,18,21). The lowest BCUT2D eigenvalue weighted by Crippen LogP contribution is -2.18. The van der Waals surface area contributed by atoms with Crippen LogP contribution in [0.25, 0.3) is 5.65 Å². The summed E-state index contributed by atoms with van der Waals surface area (Å²) in [7, 11) is 1.94. The lowest BCUT2D eigenvalue weighted by atomic mass is 10.1. The second kappa shape index (κ2) is 5.37. The van der Waals surface area contributed by atoms with Gasteiger partial charge in [0.1, 0.15) is 12.1 Å². The SMILES string of the molecule is CN(Cc1ccc(CN)cc1)c1cc2n[nH]c(=O)n2cn1. The quantitative estimate of drug-likeness (QED) is 0.728. The maximum absolute atomic E-state index is 11.4. The Bertz CT molecular complexity index is 804. The largest absolute Gasteiger partial charge is 0.355 e. The Balaban J connectivity index is 1.82. The van der Waals surface area contributed by atoms with Crippen LogP contribution in [0.2, 0.25) is 0 Å². The van der Waals surface area contributed by atoms with Gasteiger partial charge in [-0.2, -0.15) is 5.10 Å². The number of hydrogen-bond donors (Lipinski definition) is 2. The third kappa shape index (κ3) is 2.63. The number of benzene rings is 1. The molecule has 0 bridgehead atoms. The normalized spacial score (nSPS) is 11.0. The second-order valence-electron chi connectivity index (χ2n) is 4.88. The molecule has 3 N–H and O–H groups in total. The molecule has 3 aromatic rings. The summed E-state index contributed by atoms with van der Waals surface area (Å²) in [5.74, 6) is 0.754. The van der Waals surface area contributed by atoms with Crippen LogP contribution in [0.15, 0.2) is 41.5 Å². The van der Waals surface area contributed by atoms with Gasteiger partial charge in [-0.3, -0.25) is 0 Å². The number of H-pyrrole nitrogens is 1. The molecule has 2 aromatic heterocycles. The average Bonchev–Trinajstić information content (AvgIpc) is 2.89. The molecule has 21 heavy (non-hydrogen) atoms. The number of nitrogens with one attached hydrogen (secondary N) is 1. The summed E-state index contributed by atoms with van der Waals surface area (Å²) in [6.45, 7) is 1.25. The minimum Gasteiger partial charge on any atom is -0.355 e. The highest BCUT2D eigenvalue weighted by atomic mass is 16.1. The molecule has 0 aliphatic rings. The summed E-state index contributed by atoms with van der Waals surface area (Å²) in [6.07, 6.45) is 1.48. The minimum absolute atomic E-state index is 0.288. The molecule has 0 spiro atoms.